The zero-order valence-corrected chi connectivity index (χ0v) is 21.0. The summed E-state index contributed by atoms with van der Waals surface area (Å²) in [4.78, 5) is 0. The number of halogens is 4. The maximum atomic E-state index is 9.67. The fourth-order valence-electron chi connectivity index (χ4n) is 5.06. The minimum absolute atomic E-state index is 0. The van der Waals surface area contributed by atoms with Crippen molar-refractivity contribution in [2.24, 2.45) is 0 Å². The van der Waals surface area contributed by atoms with Gasteiger partial charge in [0.2, 0.25) is 16.7 Å². The van der Waals surface area contributed by atoms with Gasteiger partial charge in [0.05, 0.1) is 10.8 Å². The molecule has 184 valence electrons. The molecule has 1 aromatic heterocycles. The first-order valence-corrected chi connectivity index (χ1v) is 11.6. The second-order valence-electron chi connectivity index (χ2n) is 9.11. The van der Waals surface area contributed by atoms with Crippen molar-refractivity contribution in [1.82, 2.24) is 0 Å². The quantitative estimate of drug-likeness (QED) is 0.136. The number of nitrogens with zero attached hydrogens (tertiary/aromatic N) is 1. The molecule has 1 heterocycles. The van der Waals surface area contributed by atoms with Gasteiger partial charge in [0.25, 0.3) is 0 Å². The van der Waals surface area contributed by atoms with E-state index in [2.05, 4.69) is 118 Å². The average molecular weight is 489 g/mol. The van der Waals surface area contributed by atoms with Crippen LogP contribution in [0.1, 0.15) is 27.8 Å². The van der Waals surface area contributed by atoms with Crippen molar-refractivity contribution in [3.8, 4) is 16.8 Å². The number of hydrogen-bond donors (Lipinski definition) is 0. The van der Waals surface area contributed by atoms with Gasteiger partial charge in [-0.3, -0.25) is 12.9 Å². The van der Waals surface area contributed by atoms with Crippen LogP contribution >= 0.6 is 0 Å². The van der Waals surface area contributed by atoms with Gasteiger partial charge in [-0.25, -0.2) is 0 Å². The Morgan fingerprint density at radius 2 is 1.00 bits per heavy atom. The van der Waals surface area contributed by atoms with Gasteiger partial charge in [0.15, 0.2) is 0 Å². The molecule has 0 saturated carbocycles. The lowest BCUT2D eigenvalue weighted by Gasteiger charge is -2.17. The van der Waals surface area contributed by atoms with Gasteiger partial charge >= 0.3 is 7.54 Å². The van der Waals surface area contributed by atoms with Crippen LogP contribution in [-0.2, 0) is 0 Å². The Bertz CT molecular complexity index is 1440. The van der Waals surface area contributed by atoms with E-state index in [1.54, 1.807) is 0 Å². The molecule has 6 heteroatoms. The van der Waals surface area contributed by atoms with E-state index in [-0.39, 0.29) is 4.70 Å². The van der Waals surface area contributed by atoms with Crippen molar-refractivity contribution in [2.45, 2.75) is 34.6 Å². The number of hydrogen-bond acceptors (Lipinski definition) is 0. The number of aromatic nitrogens is 1. The standard InChI is InChI=1S/C30H28N.BF3.FH/c1-19-11-13-27-25(17-19)30(29-22(4)15-21(3)16-23(29)5)26-18-20(2)12-14-28(26)31(27)24-9-7-6-8-10-24;2-1(3)4;/h6-18H,1-5H3;;1H/q+1;;/p-1. The molecule has 0 atom stereocenters. The Balaban J connectivity index is 0.000000674. The van der Waals surface area contributed by atoms with Crippen molar-refractivity contribution in [3.05, 3.63) is 107 Å². The summed E-state index contributed by atoms with van der Waals surface area (Å²) in [5.74, 6) is 0. The van der Waals surface area contributed by atoms with Crippen LogP contribution in [0.15, 0.2) is 78.9 Å². The molecule has 0 saturated heterocycles. The molecule has 0 unspecified atom stereocenters. The van der Waals surface area contributed by atoms with Gasteiger partial charge in [-0.15, -0.1) is 0 Å². The zero-order chi connectivity index (χ0) is 25.3. The maximum absolute atomic E-state index is 9.67. The smallest absolute Gasteiger partial charge is 0.762 e. The summed E-state index contributed by atoms with van der Waals surface area (Å²) in [5.41, 5.74) is 12.9. The van der Waals surface area contributed by atoms with E-state index in [4.69, 9.17) is 0 Å². The van der Waals surface area contributed by atoms with Crippen molar-refractivity contribution in [2.75, 3.05) is 0 Å². The number of aryl methyl sites for hydroxylation is 5. The summed E-state index contributed by atoms with van der Waals surface area (Å²) in [7, 11) is -3.67. The number of benzene rings is 4. The van der Waals surface area contributed by atoms with Gasteiger partial charge in [0.1, 0.15) is 0 Å². The third-order valence-corrected chi connectivity index (χ3v) is 6.27. The molecule has 0 aliphatic heterocycles. The number of rotatable bonds is 2. The fraction of sp³-hybridized carbons (Fsp3) is 0.167. The zero-order valence-electron chi connectivity index (χ0n) is 21.0. The number of fused-ring (bicyclic) bond motifs is 2. The van der Waals surface area contributed by atoms with Crippen LogP contribution in [0.25, 0.3) is 38.6 Å². The van der Waals surface area contributed by atoms with Crippen LogP contribution in [-0.4, -0.2) is 7.54 Å². The van der Waals surface area contributed by atoms with Gasteiger partial charge in [-0.05, 0) is 63.4 Å². The monoisotopic (exact) mass is 489 g/mol. The molecule has 5 rings (SSSR count). The molecule has 0 aliphatic carbocycles. The first-order valence-electron chi connectivity index (χ1n) is 11.6. The lowest BCUT2D eigenvalue weighted by Crippen LogP contribution is -3.00. The highest BCUT2D eigenvalue weighted by Gasteiger charge is 2.25. The predicted octanol–water partition coefficient (Wildman–Crippen LogP) is 5.36. The highest BCUT2D eigenvalue weighted by molar-refractivity contribution is 6.33. The third kappa shape index (κ3) is 5.28. The minimum Gasteiger partial charge on any atom is -1.00 e. The van der Waals surface area contributed by atoms with E-state index in [1.165, 1.54) is 66.4 Å². The van der Waals surface area contributed by atoms with Crippen LogP contribution < -0.4 is 9.27 Å². The van der Waals surface area contributed by atoms with Gasteiger partial charge in [0, 0.05) is 29.8 Å². The topological polar surface area (TPSA) is 3.88 Å². The van der Waals surface area contributed by atoms with Crippen molar-refractivity contribution in [3.63, 3.8) is 0 Å². The fourth-order valence-corrected chi connectivity index (χ4v) is 5.06. The molecular weight excluding hydrogens is 461 g/mol. The van der Waals surface area contributed by atoms with Crippen molar-refractivity contribution < 1.29 is 22.2 Å². The molecule has 1 nitrogen and oxygen atoms in total. The summed E-state index contributed by atoms with van der Waals surface area (Å²) in [6, 6.07) is 29.0. The van der Waals surface area contributed by atoms with Crippen LogP contribution in [0.5, 0.6) is 0 Å². The number of pyridine rings is 1. The van der Waals surface area contributed by atoms with E-state index < -0.39 is 7.54 Å². The van der Waals surface area contributed by atoms with Crippen LogP contribution in [0.4, 0.5) is 12.9 Å². The Morgan fingerprint density at radius 3 is 1.44 bits per heavy atom. The lowest BCUT2D eigenvalue weighted by atomic mass is 9.88. The summed E-state index contributed by atoms with van der Waals surface area (Å²) in [6.45, 7) is 11.0. The van der Waals surface area contributed by atoms with Crippen LogP contribution in [0, 0.1) is 34.6 Å². The van der Waals surface area contributed by atoms with Gasteiger partial charge < -0.3 is 4.70 Å². The van der Waals surface area contributed by atoms with Crippen LogP contribution in [0.3, 0.4) is 0 Å². The second-order valence-corrected chi connectivity index (χ2v) is 9.11. The van der Waals surface area contributed by atoms with E-state index >= 15 is 0 Å². The molecule has 0 aliphatic rings. The Kier molecular flexibility index (Phi) is 8.19. The highest BCUT2D eigenvalue weighted by Crippen LogP contribution is 2.39. The molecule has 0 N–H and O–H groups in total. The molecule has 0 bridgehead atoms. The number of para-hydroxylation sites is 1. The SMILES string of the molecule is Cc1cc(C)c(-c2c3cc(C)ccc3[n+](-c3ccccc3)c3ccc(C)cc23)c(C)c1.FB(F)F.[F-]. The van der Waals surface area contributed by atoms with Crippen LogP contribution in [0.2, 0.25) is 0 Å². The molecule has 0 spiro atoms. The van der Waals surface area contributed by atoms with Gasteiger partial charge in [-0.2, -0.15) is 4.57 Å². The minimum atomic E-state index is -3.67. The summed E-state index contributed by atoms with van der Waals surface area (Å²) in [5, 5.41) is 2.61. The molecule has 0 amide bonds. The van der Waals surface area contributed by atoms with Crippen molar-refractivity contribution >= 4 is 29.3 Å². The molecule has 4 aromatic carbocycles. The Labute approximate surface area is 209 Å². The molecule has 5 aromatic rings. The summed E-state index contributed by atoms with van der Waals surface area (Å²) < 4.78 is 31.4. The molecule has 0 fully saturated rings. The Hall–Kier alpha value is -3.67. The van der Waals surface area contributed by atoms with E-state index in [1.807, 2.05) is 0 Å². The lowest BCUT2D eigenvalue weighted by molar-refractivity contribution is -0.537. The largest absolute Gasteiger partial charge is 1.00 e. The normalized spacial score (nSPS) is 10.6. The van der Waals surface area contributed by atoms with E-state index in [0.29, 0.717) is 0 Å². The van der Waals surface area contributed by atoms with E-state index in [9.17, 15) is 12.9 Å². The average Bonchev–Trinajstić information content (AvgIpc) is 2.78. The maximum Gasteiger partial charge on any atom is 0.762 e. The first kappa shape index (κ1) is 26.9. The van der Waals surface area contributed by atoms with Gasteiger partial charge in [-0.1, -0.05) is 59.2 Å². The van der Waals surface area contributed by atoms with Crippen molar-refractivity contribution in [1.29, 1.82) is 0 Å². The molecular formula is C30H28BF4N. The highest BCUT2D eigenvalue weighted by atomic mass is 19.4. The molecule has 36 heavy (non-hydrogen) atoms. The van der Waals surface area contributed by atoms with E-state index in [0.717, 1.165) is 0 Å². The molecule has 0 radical (unpaired) electrons. The first-order chi connectivity index (χ1) is 16.7. The summed E-state index contributed by atoms with van der Waals surface area (Å²) >= 11 is 0. The summed E-state index contributed by atoms with van der Waals surface area (Å²) in [6.07, 6.45) is 0. The third-order valence-electron chi connectivity index (χ3n) is 6.27. The second kappa shape index (κ2) is 10.9. The predicted molar refractivity (Wildman–Crippen MR) is 141 cm³/mol. The Morgan fingerprint density at radius 1 is 0.556 bits per heavy atom.